The Hall–Kier alpha value is -1.75. The largest absolute Gasteiger partial charge is 0.490 e. The zero-order valence-corrected chi connectivity index (χ0v) is 16.0. The van der Waals surface area contributed by atoms with E-state index in [0.29, 0.717) is 25.6 Å². The van der Waals surface area contributed by atoms with Crippen LogP contribution in [0, 0.1) is 5.92 Å². The zero-order valence-electron chi connectivity index (χ0n) is 16.0. The molecule has 0 aliphatic carbocycles. The van der Waals surface area contributed by atoms with E-state index in [9.17, 15) is 4.79 Å². The number of nitrogens with zero attached hydrogens (tertiary/aromatic N) is 1. The van der Waals surface area contributed by atoms with Crippen molar-refractivity contribution in [3.8, 4) is 11.5 Å². The van der Waals surface area contributed by atoms with Gasteiger partial charge < -0.3 is 19.7 Å². The molecule has 1 heterocycles. The number of benzene rings is 1. The number of hydrogen-bond donors (Lipinski definition) is 1. The van der Waals surface area contributed by atoms with Gasteiger partial charge in [0.15, 0.2) is 11.5 Å². The lowest BCUT2D eigenvalue weighted by Gasteiger charge is -2.28. The van der Waals surface area contributed by atoms with E-state index in [1.54, 1.807) is 0 Å². The van der Waals surface area contributed by atoms with E-state index in [4.69, 9.17) is 9.47 Å². The normalized spacial score (nSPS) is 17.1. The molecule has 1 N–H and O–H groups in total. The summed E-state index contributed by atoms with van der Waals surface area (Å²) in [6.07, 6.45) is 2.83. The first kappa shape index (κ1) is 19.6. The fraction of sp³-hybridized carbons (Fsp3) is 0.650. The third-order valence-corrected chi connectivity index (χ3v) is 4.76. The van der Waals surface area contributed by atoms with Gasteiger partial charge >= 0.3 is 0 Å². The van der Waals surface area contributed by atoms with Crippen LogP contribution in [-0.2, 0) is 4.79 Å². The fourth-order valence-electron chi connectivity index (χ4n) is 3.25. The molecule has 0 spiro atoms. The minimum Gasteiger partial charge on any atom is -0.490 e. The van der Waals surface area contributed by atoms with Gasteiger partial charge in [-0.25, -0.2) is 0 Å². The maximum atomic E-state index is 12.4. The molecule has 25 heavy (non-hydrogen) atoms. The molecule has 140 valence electrons. The van der Waals surface area contributed by atoms with Crippen LogP contribution in [0.25, 0.3) is 0 Å². The van der Waals surface area contributed by atoms with Crippen LogP contribution in [-0.4, -0.2) is 44.2 Å². The van der Waals surface area contributed by atoms with Crippen molar-refractivity contribution in [1.29, 1.82) is 0 Å². The second-order valence-electron chi connectivity index (χ2n) is 6.81. The molecule has 5 heteroatoms. The summed E-state index contributed by atoms with van der Waals surface area (Å²) in [7, 11) is 2.14. The Morgan fingerprint density at radius 1 is 1.20 bits per heavy atom. The number of carbonyl (C=O) groups excluding carboxylic acids is 1. The summed E-state index contributed by atoms with van der Waals surface area (Å²) in [4.78, 5) is 14.7. The number of likely N-dealkylation sites (tertiary alicyclic amines) is 1. The van der Waals surface area contributed by atoms with E-state index in [1.807, 2.05) is 39.0 Å². The zero-order chi connectivity index (χ0) is 18.2. The lowest BCUT2D eigenvalue weighted by molar-refractivity contribution is -0.123. The maximum absolute atomic E-state index is 12.4. The number of piperidine rings is 1. The first-order valence-corrected chi connectivity index (χ1v) is 9.40. The first-order valence-electron chi connectivity index (χ1n) is 9.40. The van der Waals surface area contributed by atoms with Gasteiger partial charge in [0, 0.05) is 6.42 Å². The monoisotopic (exact) mass is 348 g/mol. The number of rotatable bonds is 8. The molecular weight excluding hydrogens is 316 g/mol. The molecule has 1 aliphatic rings. The highest BCUT2D eigenvalue weighted by Gasteiger charge is 2.21. The van der Waals surface area contributed by atoms with Crippen molar-refractivity contribution in [2.75, 3.05) is 33.4 Å². The second-order valence-corrected chi connectivity index (χ2v) is 6.81. The predicted octanol–water partition coefficient (Wildman–Crippen LogP) is 3.39. The third-order valence-electron chi connectivity index (χ3n) is 4.76. The predicted molar refractivity (Wildman–Crippen MR) is 100 cm³/mol. The minimum absolute atomic E-state index is 0.0475. The quantitative estimate of drug-likeness (QED) is 0.782. The number of hydrogen-bond acceptors (Lipinski definition) is 4. The summed E-state index contributed by atoms with van der Waals surface area (Å²) in [5.41, 5.74) is 1.03. The van der Waals surface area contributed by atoms with Gasteiger partial charge in [-0.3, -0.25) is 4.79 Å². The molecule has 2 rings (SSSR count). The highest BCUT2D eigenvalue weighted by atomic mass is 16.5. The van der Waals surface area contributed by atoms with Crippen molar-refractivity contribution in [2.45, 2.75) is 46.1 Å². The Morgan fingerprint density at radius 2 is 1.84 bits per heavy atom. The van der Waals surface area contributed by atoms with Crippen LogP contribution in [0.5, 0.6) is 11.5 Å². The molecular formula is C20H32N2O3. The van der Waals surface area contributed by atoms with Crippen LogP contribution < -0.4 is 14.8 Å². The number of carbonyl (C=O) groups is 1. The molecule has 1 fully saturated rings. The summed E-state index contributed by atoms with van der Waals surface area (Å²) >= 11 is 0. The molecule has 0 saturated carbocycles. The van der Waals surface area contributed by atoms with Crippen molar-refractivity contribution in [2.24, 2.45) is 5.92 Å². The van der Waals surface area contributed by atoms with E-state index in [-0.39, 0.29) is 11.9 Å². The summed E-state index contributed by atoms with van der Waals surface area (Å²) in [6, 6.07) is 5.83. The SMILES string of the molecule is CCOc1ccc([C@H](C)NC(=O)CC2CCN(C)CC2)cc1OCC. The van der Waals surface area contributed by atoms with Gasteiger partial charge in [-0.1, -0.05) is 6.07 Å². The Kier molecular flexibility index (Phi) is 7.56. The average Bonchev–Trinajstić information content (AvgIpc) is 2.59. The van der Waals surface area contributed by atoms with Gasteiger partial charge in [-0.2, -0.15) is 0 Å². The van der Waals surface area contributed by atoms with Gasteiger partial charge in [0.2, 0.25) is 5.91 Å². The molecule has 0 aromatic heterocycles. The second kappa shape index (κ2) is 9.66. The minimum atomic E-state index is -0.0475. The molecule has 1 aromatic carbocycles. The first-order chi connectivity index (χ1) is 12.0. The number of amides is 1. The average molecular weight is 348 g/mol. The van der Waals surface area contributed by atoms with Gasteiger partial charge in [0.05, 0.1) is 19.3 Å². The molecule has 0 radical (unpaired) electrons. The summed E-state index contributed by atoms with van der Waals surface area (Å²) in [5, 5.41) is 3.13. The van der Waals surface area contributed by atoms with Crippen molar-refractivity contribution in [1.82, 2.24) is 10.2 Å². The van der Waals surface area contributed by atoms with E-state index in [0.717, 1.165) is 43.0 Å². The van der Waals surface area contributed by atoms with Crippen LogP contribution in [0.3, 0.4) is 0 Å². The Bertz CT molecular complexity index is 554. The highest BCUT2D eigenvalue weighted by molar-refractivity contribution is 5.76. The van der Waals surface area contributed by atoms with Crippen LogP contribution in [0.2, 0.25) is 0 Å². The molecule has 1 saturated heterocycles. The smallest absolute Gasteiger partial charge is 0.220 e. The molecule has 0 bridgehead atoms. The number of nitrogens with one attached hydrogen (secondary N) is 1. The van der Waals surface area contributed by atoms with E-state index >= 15 is 0 Å². The summed E-state index contributed by atoms with van der Waals surface area (Å²) < 4.78 is 11.3. The van der Waals surface area contributed by atoms with Crippen molar-refractivity contribution >= 4 is 5.91 Å². The lowest BCUT2D eigenvalue weighted by atomic mass is 9.93. The van der Waals surface area contributed by atoms with Crippen LogP contribution >= 0.6 is 0 Å². The van der Waals surface area contributed by atoms with Crippen molar-refractivity contribution in [3.63, 3.8) is 0 Å². The lowest BCUT2D eigenvalue weighted by Crippen LogP contribution is -2.34. The summed E-state index contributed by atoms with van der Waals surface area (Å²) in [6.45, 7) is 9.28. The van der Waals surface area contributed by atoms with Gasteiger partial charge in [-0.15, -0.1) is 0 Å². The standard InChI is InChI=1S/C20H32N2O3/c1-5-24-18-8-7-17(14-19(18)25-6-2)15(3)21-20(23)13-16-9-11-22(4)12-10-16/h7-8,14-16H,5-6,9-13H2,1-4H3,(H,21,23)/t15-/m0/s1. The highest BCUT2D eigenvalue weighted by Crippen LogP contribution is 2.31. The maximum Gasteiger partial charge on any atom is 0.220 e. The van der Waals surface area contributed by atoms with Crippen molar-refractivity contribution < 1.29 is 14.3 Å². The topological polar surface area (TPSA) is 50.8 Å². The van der Waals surface area contributed by atoms with Gasteiger partial charge in [0.25, 0.3) is 0 Å². The third kappa shape index (κ3) is 5.92. The van der Waals surface area contributed by atoms with E-state index in [1.165, 1.54) is 0 Å². The fourth-order valence-corrected chi connectivity index (χ4v) is 3.25. The molecule has 1 atom stereocenters. The van der Waals surface area contributed by atoms with Crippen LogP contribution in [0.4, 0.5) is 0 Å². The summed E-state index contributed by atoms with van der Waals surface area (Å²) in [5.74, 6) is 2.12. The van der Waals surface area contributed by atoms with Gasteiger partial charge in [-0.05, 0) is 77.4 Å². The Labute approximate surface area is 151 Å². The number of ether oxygens (including phenoxy) is 2. The molecule has 0 unspecified atom stereocenters. The van der Waals surface area contributed by atoms with Crippen molar-refractivity contribution in [3.05, 3.63) is 23.8 Å². The molecule has 5 nitrogen and oxygen atoms in total. The Balaban J connectivity index is 1.93. The van der Waals surface area contributed by atoms with E-state index < -0.39 is 0 Å². The van der Waals surface area contributed by atoms with Crippen LogP contribution in [0.15, 0.2) is 18.2 Å². The van der Waals surface area contributed by atoms with Crippen LogP contribution in [0.1, 0.15) is 51.6 Å². The molecule has 1 amide bonds. The molecule has 1 aliphatic heterocycles. The Morgan fingerprint density at radius 3 is 2.48 bits per heavy atom. The molecule has 1 aromatic rings. The van der Waals surface area contributed by atoms with Gasteiger partial charge in [0.1, 0.15) is 0 Å². The van der Waals surface area contributed by atoms with E-state index in [2.05, 4.69) is 17.3 Å².